The van der Waals surface area contributed by atoms with Gasteiger partial charge in [-0.15, -0.1) is 0 Å². The Morgan fingerprint density at radius 3 is 2.07 bits per heavy atom. The fourth-order valence-electron chi connectivity index (χ4n) is 2.65. The van der Waals surface area contributed by atoms with Gasteiger partial charge in [-0.2, -0.15) is 0 Å². The van der Waals surface area contributed by atoms with Crippen molar-refractivity contribution < 1.29 is 28.7 Å². The van der Waals surface area contributed by atoms with E-state index in [1.165, 1.54) is 12.1 Å². The van der Waals surface area contributed by atoms with Gasteiger partial charge in [0.15, 0.2) is 6.61 Å². The molecule has 0 atom stereocenters. The lowest BCUT2D eigenvalue weighted by Crippen LogP contribution is -2.34. The summed E-state index contributed by atoms with van der Waals surface area (Å²) in [6, 6.07) is 18.1. The van der Waals surface area contributed by atoms with Gasteiger partial charge in [-0.05, 0) is 42.5 Å². The van der Waals surface area contributed by atoms with Crippen LogP contribution in [0.5, 0.6) is 17.4 Å². The Labute approximate surface area is 165 Å². The molecule has 0 radical (unpaired) electrons. The molecular weight excluding hydrogens is 376 g/mol. The minimum Gasteiger partial charge on any atom is -0.482 e. The summed E-state index contributed by atoms with van der Waals surface area (Å²) in [7, 11) is 0. The van der Waals surface area contributed by atoms with Crippen LogP contribution in [-0.2, 0) is 9.63 Å². The second-order valence-electron chi connectivity index (χ2n) is 5.94. The maximum absolute atomic E-state index is 12.2. The third-order valence-corrected chi connectivity index (χ3v) is 3.99. The van der Waals surface area contributed by atoms with Crippen LogP contribution in [0, 0.1) is 0 Å². The molecule has 0 saturated heterocycles. The lowest BCUT2D eigenvalue weighted by Gasteiger charge is -2.13. The summed E-state index contributed by atoms with van der Waals surface area (Å²) in [6.45, 7) is -0.478. The van der Waals surface area contributed by atoms with E-state index in [4.69, 9.17) is 14.3 Å². The second-order valence-corrected chi connectivity index (χ2v) is 5.94. The van der Waals surface area contributed by atoms with Crippen molar-refractivity contribution in [3.8, 4) is 17.4 Å². The Hall–Kier alpha value is -4.20. The molecule has 2 amide bonds. The number of pyridine rings is 1. The highest BCUT2D eigenvalue weighted by molar-refractivity contribution is 6.20. The van der Waals surface area contributed by atoms with Gasteiger partial charge in [0.1, 0.15) is 11.5 Å². The molecule has 1 aliphatic rings. The number of hydrogen-bond acceptors (Lipinski definition) is 7. The van der Waals surface area contributed by atoms with E-state index >= 15 is 0 Å². The Morgan fingerprint density at radius 2 is 1.45 bits per heavy atom. The van der Waals surface area contributed by atoms with Crippen LogP contribution in [0.25, 0.3) is 0 Å². The van der Waals surface area contributed by atoms with Crippen molar-refractivity contribution in [2.24, 2.45) is 0 Å². The number of carbonyl (C=O) groups is 3. The number of carbonyl (C=O) groups excluding carboxylic acids is 3. The highest BCUT2D eigenvalue weighted by Crippen LogP contribution is 2.24. The zero-order valence-electron chi connectivity index (χ0n) is 15.0. The number of fused-ring (bicyclic) bond motifs is 1. The molecule has 0 bridgehead atoms. The van der Waals surface area contributed by atoms with Crippen LogP contribution >= 0.6 is 0 Å². The van der Waals surface area contributed by atoms with E-state index in [1.54, 1.807) is 60.8 Å². The molecule has 4 rings (SSSR count). The Kier molecular flexibility index (Phi) is 4.90. The van der Waals surface area contributed by atoms with Gasteiger partial charge in [0, 0.05) is 12.3 Å². The Bertz CT molecular complexity index is 1030. The van der Waals surface area contributed by atoms with Crippen molar-refractivity contribution in [3.63, 3.8) is 0 Å². The zero-order chi connectivity index (χ0) is 20.2. The Balaban J connectivity index is 1.31. The second kappa shape index (κ2) is 7.81. The monoisotopic (exact) mass is 390 g/mol. The molecule has 29 heavy (non-hydrogen) atoms. The first-order chi connectivity index (χ1) is 14.1. The summed E-state index contributed by atoms with van der Waals surface area (Å²) in [4.78, 5) is 45.3. The van der Waals surface area contributed by atoms with E-state index < -0.39 is 24.4 Å². The van der Waals surface area contributed by atoms with Gasteiger partial charge in [-0.1, -0.05) is 23.3 Å². The lowest BCUT2D eigenvalue weighted by molar-refractivity contribution is -0.170. The van der Waals surface area contributed by atoms with Crippen molar-refractivity contribution in [1.82, 2.24) is 10.0 Å². The molecule has 2 aromatic carbocycles. The summed E-state index contributed by atoms with van der Waals surface area (Å²) >= 11 is 0. The first-order valence-corrected chi connectivity index (χ1v) is 8.62. The molecule has 8 heteroatoms. The summed E-state index contributed by atoms with van der Waals surface area (Å²) in [5.41, 5.74) is 0.379. The van der Waals surface area contributed by atoms with Crippen LogP contribution in [-0.4, -0.2) is 34.4 Å². The van der Waals surface area contributed by atoms with Gasteiger partial charge in [0.05, 0.1) is 11.1 Å². The van der Waals surface area contributed by atoms with Crippen molar-refractivity contribution >= 4 is 17.8 Å². The van der Waals surface area contributed by atoms with E-state index in [0.29, 0.717) is 22.4 Å². The zero-order valence-corrected chi connectivity index (χ0v) is 15.0. The van der Waals surface area contributed by atoms with Crippen LogP contribution in [0.4, 0.5) is 0 Å². The van der Waals surface area contributed by atoms with Gasteiger partial charge in [0.2, 0.25) is 5.88 Å². The highest BCUT2D eigenvalue weighted by Gasteiger charge is 2.38. The van der Waals surface area contributed by atoms with Crippen LogP contribution in [0.1, 0.15) is 20.7 Å². The number of hydrogen-bond donors (Lipinski definition) is 0. The number of rotatable bonds is 6. The van der Waals surface area contributed by atoms with Crippen LogP contribution in [0.3, 0.4) is 0 Å². The number of imide groups is 1. The van der Waals surface area contributed by atoms with Gasteiger partial charge >= 0.3 is 5.97 Å². The van der Waals surface area contributed by atoms with E-state index in [2.05, 4.69) is 4.98 Å². The van der Waals surface area contributed by atoms with E-state index in [9.17, 15) is 14.4 Å². The molecule has 0 spiro atoms. The molecule has 2 heterocycles. The normalized spacial score (nSPS) is 12.5. The summed E-state index contributed by atoms with van der Waals surface area (Å²) in [5.74, 6) is -0.869. The number of hydroxylamine groups is 2. The number of aromatic nitrogens is 1. The number of nitrogens with zero attached hydrogens (tertiary/aromatic N) is 2. The molecule has 0 aliphatic carbocycles. The van der Waals surface area contributed by atoms with E-state index in [0.717, 1.165) is 0 Å². The quantitative estimate of drug-likeness (QED) is 0.597. The minimum absolute atomic E-state index is 0.190. The smallest absolute Gasteiger partial charge is 0.370 e. The minimum atomic E-state index is -0.881. The molecule has 8 nitrogen and oxygen atoms in total. The standard InChI is InChI=1S/C21H14N2O6/c24-19(29-23-20(25)16-5-1-2-6-17(16)21(23)26)13-27-14-8-10-15(11-9-14)28-18-7-3-4-12-22-18/h1-12H,13H2. The average molecular weight is 390 g/mol. The molecule has 1 aliphatic heterocycles. The van der Waals surface area contributed by atoms with Crippen LogP contribution in [0.15, 0.2) is 72.9 Å². The van der Waals surface area contributed by atoms with Crippen molar-refractivity contribution in [1.29, 1.82) is 0 Å². The first kappa shape index (κ1) is 18.2. The Morgan fingerprint density at radius 1 is 0.828 bits per heavy atom. The van der Waals surface area contributed by atoms with Crippen LogP contribution < -0.4 is 9.47 Å². The van der Waals surface area contributed by atoms with Crippen molar-refractivity contribution in [3.05, 3.63) is 84.1 Å². The van der Waals surface area contributed by atoms with Gasteiger partial charge < -0.3 is 14.3 Å². The lowest BCUT2D eigenvalue weighted by atomic mass is 10.1. The number of amides is 2. The maximum atomic E-state index is 12.2. The molecule has 3 aromatic rings. The molecule has 0 unspecified atom stereocenters. The van der Waals surface area contributed by atoms with Crippen LogP contribution in [0.2, 0.25) is 0 Å². The fourth-order valence-corrected chi connectivity index (χ4v) is 2.65. The summed E-state index contributed by atoms with van der Waals surface area (Å²) in [6.07, 6.45) is 1.62. The topological polar surface area (TPSA) is 95.0 Å². The number of ether oxygens (including phenoxy) is 2. The molecule has 0 saturated carbocycles. The first-order valence-electron chi connectivity index (χ1n) is 8.62. The molecule has 1 aromatic heterocycles. The predicted octanol–water partition coefficient (Wildman–Crippen LogP) is 3.01. The van der Waals surface area contributed by atoms with E-state index in [1.807, 2.05) is 0 Å². The molecular formula is C21H14N2O6. The molecule has 144 valence electrons. The predicted molar refractivity (Wildman–Crippen MR) is 99.3 cm³/mol. The maximum Gasteiger partial charge on any atom is 0.370 e. The number of benzene rings is 2. The fraction of sp³-hybridized carbons (Fsp3) is 0.0476. The van der Waals surface area contributed by atoms with Crippen molar-refractivity contribution in [2.45, 2.75) is 0 Å². The van der Waals surface area contributed by atoms with E-state index in [-0.39, 0.29) is 11.1 Å². The SMILES string of the molecule is O=C(COc1ccc(Oc2ccccn2)cc1)ON1C(=O)c2ccccc2C1=O. The van der Waals surface area contributed by atoms with Gasteiger partial charge in [-0.3, -0.25) is 9.59 Å². The molecule has 0 N–H and O–H groups in total. The third-order valence-electron chi connectivity index (χ3n) is 3.99. The summed E-state index contributed by atoms with van der Waals surface area (Å²) in [5, 5.41) is 0.445. The van der Waals surface area contributed by atoms with Crippen molar-refractivity contribution in [2.75, 3.05) is 6.61 Å². The largest absolute Gasteiger partial charge is 0.482 e. The van der Waals surface area contributed by atoms with Gasteiger partial charge in [-0.25, -0.2) is 9.78 Å². The average Bonchev–Trinajstić information content (AvgIpc) is 2.99. The summed E-state index contributed by atoms with van der Waals surface area (Å²) < 4.78 is 10.9. The third kappa shape index (κ3) is 3.91. The highest BCUT2D eigenvalue weighted by atomic mass is 16.7. The van der Waals surface area contributed by atoms with Gasteiger partial charge in [0.25, 0.3) is 11.8 Å². The molecule has 0 fully saturated rings.